The fraction of sp³-hybridized carbons (Fsp3) is 0.0968. The van der Waals surface area contributed by atoms with Gasteiger partial charge >= 0.3 is 0 Å². The Labute approximate surface area is 240 Å². The van der Waals surface area contributed by atoms with Gasteiger partial charge in [0.25, 0.3) is 23.6 Å². The van der Waals surface area contributed by atoms with Crippen LogP contribution in [0.25, 0.3) is 12.2 Å². The van der Waals surface area contributed by atoms with Crippen LogP contribution in [0.2, 0.25) is 0 Å². The van der Waals surface area contributed by atoms with Gasteiger partial charge in [0.1, 0.15) is 22.9 Å². The van der Waals surface area contributed by atoms with Gasteiger partial charge in [0.05, 0.1) is 18.6 Å². The van der Waals surface area contributed by atoms with Crippen LogP contribution in [-0.4, -0.2) is 47.9 Å². The number of benzene rings is 2. The number of rotatable bonds is 12. The van der Waals surface area contributed by atoms with Crippen molar-refractivity contribution in [1.29, 1.82) is 0 Å². The lowest BCUT2D eigenvalue weighted by molar-refractivity contribution is -0.118. The molecule has 0 bridgehead atoms. The van der Waals surface area contributed by atoms with E-state index >= 15 is 0 Å². The molecular formula is C31H28N4O7. The Bertz CT molecular complexity index is 1430. The molecule has 0 spiro atoms. The van der Waals surface area contributed by atoms with Crippen LogP contribution in [0, 0.1) is 0 Å². The maximum Gasteiger partial charge on any atom is 0.268 e. The van der Waals surface area contributed by atoms with Crippen LogP contribution < -0.4 is 21.3 Å². The monoisotopic (exact) mass is 568 g/mol. The van der Waals surface area contributed by atoms with Gasteiger partial charge in [-0.25, -0.2) is 0 Å². The fourth-order valence-corrected chi connectivity index (χ4v) is 3.60. The van der Waals surface area contributed by atoms with Crippen LogP contribution in [0.3, 0.4) is 0 Å². The van der Waals surface area contributed by atoms with E-state index in [1.54, 1.807) is 84.9 Å². The number of aliphatic hydroxyl groups is 1. The van der Waals surface area contributed by atoms with Crippen molar-refractivity contribution in [2.45, 2.75) is 6.10 Å². The van der Waals surface area contributed by atoms with Crippen LogP contribution >= 0.6 is 0 Å². The van der Waals surface area contributed by atoms with E-state index in [1.807, 2.05) is 0 Å². The predicted molar refractivity (Wildman–Crippen MR) is 153 cm³/mol. The SMILES string of the molecule is O=C(NCC(O)CNC(=O)/C(=C\c1ccco1)NC(=O)c1ccccc1)/C(=C\c1ccco1)NC(=O)c1ccccc1. The highest BCUT2D eigenvalue weighted by Gasteiger charge is 2.19. The van der Waals surface area contributed by atoms with Crippen LogP contribution in [0.4, 0.5) is 0 Å². The molecule has 2 heterocycles. The van der Waals surface area contributed by atoms with E-state index in [9.17, 15) is 24.3 Å². The van der Waals surface area contributed by atoms with Gasteiger partial charge in [0.15, 0.2) is 0 Å². The third-order valence-corrected chi connectivity index (χ3v) is 5.71. The Morgan fingerprint density at radius 2 is 1.02 bits per heavy atom. The zero-order chi connectivity index (χ0) is 29.7. The number of nitrogens with one attached hydrogen (secondary N) is 4. The molecule has 0 radical (unpaired) electrons. The topological polar surface area (TPSA) is 163 Å². The second-order valence-corrected chi connectivity index (χ2v) is 8.86. The number of furan rings is 2. The Kier molecular flexibility index (Phi) is 10.2. The third kappa shape index (κ3) is 8.66. The number of hydrogen-bond donors (Lipinski definition) is 5. The van der Waals surface area contributed by atoms with E-state index in [1.165, 1.54) is 24.7 Å². The Balaban J connectivity index is 1.35. The molecule has 42 heavy (non-hydrogen) atoms. The van der Waals surface area contributed by atoms with Crippen molar-refractivity contribution < 1.29 is 33.1 Å². The second-order valence-electron chi connectivity index (χ2n) is 8.86. The largest absolute Gasteiger partial charge is 0.465 e. The summed E-state index contributed by atoms with van der Waals surface area (Å²) in [7, 11) is 0. The second kappa shape index (κ2) is 14.6. The van der Waals surface area contributed by atoms with Gasteiger partial charge in [-0.3, -0.25) is 19.2 Å². The van der Waals surface area contributed by atoms with Gasteiger partial charge in [-0.05, 0) is 48.5 Å². The highest BCUT2D eigenvalue weighted by molar-refractivity contribution is 6.06. The smallest absolute Gasteiger partial charge is 0.268 e. The van der Waals surface area contributed by atoms with Gasteiger partial charge < -0.3 is 35.2 Å². The van der Waals surface area contributed by atoms with Crippen molar-refractivity contribution in [3.8, 4) is 0 Å². The van der Waals surface area contributed by atoms with Crippen molar-refractivity contribution >= 4 is 35.8 Å². The van der Waals surface area contributed by atoms with Crippen molar-refractivity contribution in [3.05, 3.63) is 131 Å². The molecule has 214 valence electrons. The molecule has 5 N–H and O–H groups in total. The first-order valence-corrected chi connectivity index (χ1v) is 12.9. The zero-order valence-corrected chi connectivity index (χ0v) is 22.3. The summed E-state index contributed by atoms with van der Waals surface area (Å²) in [5, 5.41) is 20.6. The summed E-state index contributed by atoms with van der Waals surface area (Å²) in [5.74, 6) is -1.73. The van der Waals surface area contributed by atoms with Gasteiger partial charge in [0.2, 0.25) is 0 Å². The van der Waals surface area contributed by atoms with Crippen molar-refractivity contribution in [1.82, 2.24) is 21.3 Å². The van der Waals surface area contributed by atoms with E-state index < -0.39 is 29.7 Å². The fourth-order valence-electron chi connectivity index (χ4n) is 3.60. The molecule has 11 heteroatoms. The first-order valence-electron chi connectivity index (χ1n) is 12.9. The molecule has 2 aromatic carbocycles. The molecule has 0 atom stereocenters. The number of hydrogen-bond acceptors (Lipinski definition) is 7. The summed E-state index contributed by atoms with van der Waals surface area (Å²) in [6, 6.07) is 23.2. The lowest BCUT2D eigenvalue weighted by Crippen LogP contribution is -2.43. The van der Waals surface area contributed by atoms with Gasteiger partial charge in [-0.1, -0.05) is 36.4 Å². The summed E-state index contributed by atoms with van der Waals surface area (Å²) in [6.07, 6.45) is 4.34. The Morgan fingerprint density at radius 3 is 1.38 bits per heavy atom. The molecular weight excluding hydrogens is 540 g/mol. The molecule has 0 aliphatic rings. The highest BCUT2D eigenvalue weighted by atomic mass is 16.3. The maximum absolute atomic E-state index is 12.9. The number of aliphatic hydroxyl groups excluding tert-OH is 1. The number of carbonyl (C=O) groups excluding carboxylic acids is 4. The molecule has 0 saturated carbocycles. The molecule has 4 aromatic rings. The van der Waals surface area contributed by atoms with E-state index in [0.717, 1.165) is 0 Å². The molecule has 0 aliphatic carbocycles. The van der Waals surface area contributed by atoms with E-state index in [4.69, 9.17) is 8.83 Å². The zero-order valence-electron chi connectivity index (χ0n) is 22.3. The van der Waals surface area contributed by atoms with Crippen molar-refractivity contribution in [3.63, 3.8) is 0 Å². The average Bonchev–Trinajstić information content (AvgIpc) is 3.73. The van der Waals surface area contributed by atoms with Crippen molar-refractivity contribution in [2.75, 3.05) is 13.1 Å². The van der Waals surface area contributed by atoms with Gasteiger partial charge in [-0.15, -0.1) is 0 Å². The molecule has 11 nitrogen and oxygen atoms in total. The summed E-state index contributed by atoms with van der Waals surface area (Å²) >= 11 is 0. The maximum atomic E-state index is 12.9. The molecule has 0 fully saturated rings. The standard InChI is InChI=1S/C31H28N4O7/c36-23(19-32-30(39)26(17-24-13-7-15-41-24)34-28(37)21-9-3-1-4-10-21)20-33-31(40)27(18-25-14-8-16-42-25)35-29(38)22-11-5-2-6-12-22/h1-18,23,36H,19-20H2,(H,32,39)(H,33,40)(H,34,37)(H,35,38)/b26-17+,27-18+. The molecule has 2 aromatic heterocycles. The minimum atomic E-state index is -1.21. The van der Waals surface area contributed by atoms with Crippen LogP contribution in [0.5, 0.6) is 0 Å². The molecule has 0 aliphatic heterocycles. The third-order valence-electron chi connectivity index (χ3n) is 5.71. The number of amides is 4. The highest BCUT2D eigenvalue weighted by Crippen LogP contribution is 2.09. The summed E-state index contributed by atoms with van der Waals surface area (Å²) in [5.41, 5.74) is 0.469. The first kappa shape index (κ1) is 29.3. The average molecular weight is 569 g/mol. The quantitative estimate of drug-likeness (QED) is 0.164. The van der Waals surface area contributed by atoms with E-state index in [-0.39, 0.29) is 24.5 Å². The van der Waals surface area contributed by atoms with Gasteiger partial charge in [0, 0.05) is 36.4 Å². The molecule has 0 saturated heterocycles. The summed E-state index contributed by atoms with van der Waals surface area (Å²) < 4.78 is 10.5. The molecule has 4 rings (SSSR count). The normalized spacial score (nSPS) is 11.6. The predicted octanol–water partition coefficient (Wildman–Crippen LogP) is 2.71. The van der Waals surface area contributed by atoms with Crippen LogP contribution in [0.15, 0.2) is 118 Å². The first-order chi connectivity index (χ1) is 20.4. The lowest BCUT2D eigenvalue weighted by atomic mass is 10.2. The minimum absolute atomic E-state index is 0.109. The summed E-state index contributed by atoms with van der Waals surface area (Å²) in [4.78, 5) is 51.1. The van der Waals surface area contributed by atoms with Crippen LogP contribution in [0.1, 0.15) is 32.2 Å². The molecule has 0 unspecified atom stereocenters. The Hall–Kier alpha value is -5.68. The van der Waals surface area contributed by atoms with Crippen molar-refractivity contribution in [2.24, 2.45) is 0 Å². The van der Waals surface area contributed by atoms with Gasteiger partial charge in [-0.2, -0.15) is 0 Å². The van der Waals surface area contributed by atoms with E-state index in [0.29, 0.717) is 22.6 Å². The number of carbonyl (C=O) groups is 4. The van der Waals surface area contributed by atoms with E-state index in [2.05, 4.69) is 21.3 Å². The molecule has 4 amide bonds. The summed E-state index contributed by atoms with van der Waals surface area (Å²) in [6.45, 7) is -0.521. The Morgan fingerprint density at radius 1 is 0.619 bits per heavy atom. The lowest BCUT2D eigenvalue weighted by Gasteiger charge is -2.16. The minimum Gasteiger partial charge on any atom is -0.465 e. The van der Waals surface area contributed by atoms with Crippen LogP contribution in [-0.2, 0) is 9.59 Å².